The number of benzene rings is 1. The highest BCUT2D eigenvalue weighted by molar-refractivity contribution is 5.67. The summed E-state index contributed by atoms with van der Waals surface area (Å²) in [4.78, 5) is 0. The molecule has 0 saturated heterocycles. The molecular weight excluding hydrogens is 160 g/mol. The lowest BCUT2D eigenvalue weighted by molar-refractivity contribution is 0.414. The molecule has 0 aliphatic heterocycles. The van der Waals surface area contributed by atoms with Gasteiger partial charge in [-0.25, -0.2) is 0 Å². The van der Waals surface area contributed by atoms with Crippen molar-refractivity contribution in [2.45, 2.75) is 20.8 Å². The van der Waals surface area contributed by atoms with Crippen molar-refractivity contribution < 1.29 is 4.74 Å². The van der Waals surface area contributed by atoms with Gasteiger partial charge in [-0.15, -0.1) is 0 Å². The average Bonchev–Trinajstić information content (AvgIpc) is 2.16. The molecular formula is C12H16O. The van der Waals surface area contributed by atoms with Gasteiger partial charge in [-0.05, 0) is 44.0 Å². The number of hydrogen-bond acceptors (Lipinski definition) is 1. The Balaban J connectivity index is 3.09. The van der Waals surface area contributed by atoms with Crippen molar-refractivity contribution >= 4 is 5.57 Å². The first kappa shape index (κ1) is 9.85. The smallest absolute Gasteiger partial charge is 0.119 e. The minimum absolute atomic E-state index is 0.915. The van der Waals surface area contributed by atoms with Crippen molar-refractivity contribution in [1.29, 1.82) is 0 Å². The molecule has 0 aromatic heterocycles. The summed E-state index contributed by atoms with van der Waals surface area (Å²) in [7, 11) is 1.69. The lowest BCUT2D eigenvalue weighted by Crippen LogP contribution is -1.86. The molecule has 1 heteroatoms. The van der Waals surface area contributed by atoms with E-state index in [1.54, 1.807) is 7.11 Å². The Bertz CT molecular complexity index is 320. The van der Waals surface area contributed by atoms with E-state index in [0.717, 1.165) is 5.75 Å². The van der Waals surface area contributed by atoms with Gasteiger partial charge >= 0.3 is 0 Å². The fourth-order valence-corrected chi connectivity index (χ4v) is 1.15. The second-order valence-electron chi connectivity index (χ2n) is 3.36. The van der Waals surface area contributed by atoms with Gasteiger partial charge in [-0.2, -0.15) is 0 Å². The maximum atomic E-state index is 5.16. The zero-order chi connectivity index (χ0) is 9.84. The Morgan fingerprint density at radius 3 is 2.38 bits per heavy atom. The molecule has 0 fully saturated rings. The molecule has 0 unspecified atom stereocenters. The van der Waals surface area contributed by atoms with Gasteiger partial charge in [0.2, 0.25) is 0 Å². The van der Waals surface area contributed by atoms with Crippen LogP contribution in [-0.2, 0) is 0 Å². The van der Waals surface area contributed by atoms with Gasteiger partial charge in [0.05, 0.1) is 7.11 Å². The Kier molecular flexibility index (Phi) is 3.13. The van der Waals surface area contributed by atoms with Crippen LogP contribution in [0.15, 0.2) is 29.8 Å². The van der Waals surface area contributed by atoms with Crippen LogP contribution in [0.3, 0.4) is 0 Å². The van der Waals surface area contributed by atoms with Gasteiger partial charge in [-0.1, -0.05) is 17.7 Å². The van der Waals surface area contributed by atoms with Crippen LogP contribution < -0.4 is 4.74 Å². The number of rotatable bonds is 2. The first-order valence-electron chi connectivity index (χ1n) is 4.43. The molecule has 0 saturated carbocycles. The Morgan fingerprint density at radius 1 is 1.15 bits per heavy atom. The lowest BCUT2D eigenvalue weighted by atomic mass is 10.0. The summed E-state index contributed by atoms with van der Waals surface area (Å²) in [6.07, 6.45) is 0. The largest absolute Gasteiger partial charge is 0.497 e. The molecule has 0 atom stereocenters. The second-order valence-corrected chi connectivity index (χ2v) is 3.36. The summed E-state index contributed by atoms with van der Waals surface area (Å²) >= 11 is 0. The quantitative estimate of drug-likeness (QED) is 0.670. The number of methoxy groups -OCH3 is 1. The molecule has 0 amide bonds. The van der Waals surface area contributed by atoms with Gasteiger partial charge in [0.25, 0.3) is 0 Å². The van der Waals surface area contributed by atoms with Gasteiger partial charge < -0.3 is 4.74 Å². The summed E-state index contributed by atoms with van der Waals surface area (Å²) in [5.74, 6) is 0.915. The molecule has 0 radical (unpaired) electrons. The van der Waals surface area contributed by atoms with Crippen LogP contribution in [0, 0.1) is 0 Å². The van der Waals surface area contributed by atoms with E-state index in [-0.39, 0.29) is 0 Å². The zero-order valence-corrected chi connectivity index (χ0v) is 8.72. The van der Waals surface area contributed by atoms with Crippen molar-refractivity contribution in [2.75, 3.05) is 7.11 Å². The minimum atomic E-state index is 0.915. The van der Waals surface area contributed by atoms with Gasteiger partial charge in [0.1, 0.15) is 5.75 Å². The summed E-state index contributed by atoms with van der Waals surface area (Å²) in [5.41, 5.74) is 3.89. The van der Waals surface area contributed by atoms with Crippen molar-refractivity contribution in [2.24, 2.45) is 0 Å². The van der Waals surface area contributed by atoms with Crippen LogP contribution >= 0.6 is 0 Å². The SMILES string of the molecule is COc1cccc(C(C)=C(C)C)c1. The van der Waals surface area contributed by atoms with Crippen LogP contribution in [0.1, 0.15) is 26.3 Å². The molecule has 0 spiro atoms. The Labute approximate surface area is 80.0 Å². The minimum Gasteiger partial charge on any atom is -0.497 e. The summed E-state index contributed by atoms with van der Waals surface area (Å²) in [6, 6.07) is 8.13. The van der Waals surface area contributed by atoms with Crippen LogP contribution in [0.2, 0.25) is 0 Å². The standard InChI is InChI=1S/C12H16O/c1-9(2)10(3)11-6-5-7-12(8-11)13-4/h5-8H,1-4H3. The monoisotopic (exact) mass is 176 g/mol. The fourth-order valence-electron chi connectivity index (χ4n) is 1.15. The molecule has 0 bridgehead atoms. The summed E-state index contributed by atoms with van der Waals surface area (Å²) in [5, 5.41) is 0. The van der Waals surface area contributed by atoms with E-state index >= 15 is 0 Å². The topological polar surface area (TPSA) is 9.23 Å². The molecule has 0 heterocycles. The van der Waals surface area contributed by atoms with E-state index in [4.69, 9.17) is 4.74 Å². The van der Waals surface area contributed by atoms with Crippen LogP contribution in [-0.4, -0.2) is 7.11 Å². The molecule has 1 rings (SSSR count). The van der Waals surface area contributed by atoms with E-state index in [1.807, 2.05) is 12.1 Å². The molecule has 0 aliphatic carbocycles. The third-order valence-electron chi connectivity index (χ3n) is 2.25. The molecule has 70 valence electrons. The Morgan fingerprint density at radius 2 is 1.85 bits per heavy atom. The van der Waals surface area contributed by atoms with Crippen LogP contribution in [0.25, 0.3) is 5.57 Å². The second kappa shape index (κ2) is 4.13. The Hall–Kier alpha value is -1.24. The molecule has 0 aliphatic rings. The first-order valence-corrected chi connectivity index (χ1v) is 4.43. The molecule has 13 heavy (non-hydrogen) atoms. The van der Waals surface area contributed by atoms with Crippen molar-refractivity contribution in [1.82, 2.24) is 0 Å². The highest BCUT2D eigenvalue weighted by Crippen LogP contribution is 2.21. The van der Waals surface area contributed by atoms with Crippen LogP contribution in [0.5, 0.6) is 5.75 Å². The van der Waals surface area contributed by atoms with Crippen LogP contribution in [0.4, 0.5) is 0 Å². The first-order chi connectivity index (χ1) is 6.15. The normalized spacial score (nSPS) is 9.54. The highest BCUT2D eigenvalue weighted by atomic mass is 16.5. The molecule has 1 aromatic carbocycles. The third-order valence-corrected chi connectivity index (χ3v) is 2.25. The van der Waals surface area contributed by atoms with Crippen molar-refractivity contribution in [3.63, 3.8) is 0 Å². The number of allylic oxidation sites excluding steroid dienone is 2. The van der Waals surface area contributed by atoms with Gasteiger partial charge in [-0.3, -0.25) is 0 Å². The maximum Gasteiger partial charge on any atom is 0.119 e. The van der Waals surface area contributed by atoms with E-state index < -0.39 is 0 Å². The number of hydrogen-bond donors (Lipinski definition) is 0. The predicted octanol–water partition coefficient (Wildman–Crippen LogP) is 3.51. The molecule has 1 aromatic rings. The molecule has 0 N–H and O–H groups in total. The third kappa shape index (κ3) is 2.35. The van der Waals surface area contributed by atoms with Gasteiger partial charge in [0, 0.05) is 0 Å². The zero-order valence-electron chi connectivity index (χ0n) is 8.72. The van der Waals surface area contributed by atoms with E-state index in [1.165, 1.54) is 16.7 Å². The van der Waals surface area contributed by atoms with Crippen molar-refractivity contribution in [3.8, 4) is 5.75 Å². The van der Waals surface area contributed by atoms with E-state index in [2.05, 4.69) is 32.9 Å². The summed E-state index contributed by atoms with van der Waals surface area (Å²) < 4.78 is 5.16. The average molecular weight is 176 g/mol. The fraction of sp³-hybridized carbons (Fsp3) is 0.333. The molecule has 1 nitrogen and oxygen atoms in total. The lowest BCUT2D eigenvalue weighted by Gasteiger charge is -2.06. The van der Waals surface area contributed by atoms with E-state index in [0.29, 0.717) is 0 Å². The number of ether oxygens (including phenoxy) is 1. The highest BCUT2D eigenvalue weighted by Gasteiger charge is 1.98. The van der Waals surface area contributed by atoms with Crippen molar-refractivity contribution in [3.05, 3.63) is 35.4 Å². The summed E-state index contributed by atoms with van der Waals surface area (Å²) in [6.45, 7) is 6.37. The maximum absolute atomic E-state index is 5.16. The van der Waals surface area contributed by atoms with Gasteiger partial charge in [0.15, 0.2) is 0 Å². The predicted molar refractivity (Wildman–Crippen MR) is 56.9 cm³/mol. The van der Waals surface area contributed by atoms with E-state index in [9.17, 15) is 0 Å².